The van der Waals surface area contributed by atoms with Crippen molar-refractivity contribution in [3.63, 3.8) is 0 Å². The quantitative estimate of drug-likeness (QED) is 0.510. The van der Waals surface area contributed by atoms with Crippen LogP contribution in [0.25, 0.3) is 0 Å². The lowest BCUT2D eigenvalue weighted by atomic mass is 10.0. The van der Waals surface area contributed by atoms with Crippen LogP contribution in [-0.2, 0) is 14.4 Å². The van der Waals surface area contributed by atoms with Crippen LogP contribution in [0.3, 0.4) is 0 Å². The van der Waals surface area contributed by atoms with Gasteiger partial charge in [-0.1, -0.05) is 36.4 Å². The van der Waals surface area contributed by atoms with Gasteiger partial charge in [-0.15, -0.1) is 0 Å². The van der Waals surface area contributed by atoms with Crippen LogP contribution in [0, 0.1) is 5.92 Å². The van der Waals surface area contributed by atoms with E-state index in [9.17, 15) is 19.2 Å². The summed E-state index contributed by atoms with van der Waals surface area (Å²) in [4.78, 5) is 53.2. The van der Waals surface area contributed by atoms with Crippen molar-refractivity contribution in [1.29, 1.82) is 0 Å². The number of rotatable bonds is 6. The fourth-order valence-corrected chi connectivity index (χ4v) is 4.82. The fourth-order valence-electron chi connectivity index (χ4n) is 4.82. The first-order valence-electron chi connectivity index (χ1n) is 12.0. The lowest BCUT2D eigenvalue weighted by Gasteiger charge is -2.34. The van der Waals surface area contributed by atoms with Crippen LogP contribution in [0.2, 0.25) is 0 Å². The van der Waals surface area contributed by atoms with E-state index in [0.29, 0.717) is 43.8 Å². The number of carbonyl (C=O) groups is 4. The molecule has 2 saturated heterocycles. The molecule has 1 N–H and O–H groups in total. The highest BCUT2D eigenvalue weighted by Crippen LogP contribution is 2.30. The standard InChI is InChI=1S/C27H31N3O5/c1-18(20-7-4-3-5-8-20)30-17-22(16-25(30)32)27(34)29-13-11-23(12-14-29)28-26(33)21-9-6-10-24(15-21)35-19(2)31/h3-10,15,18,22-23H,11-14,16-17H2,1-2H3,(H,28,33). The van der Waals surface area contributed by atoms with Crippen molar-refractivity contribution in [2.45, 2.75) is 45.2 Å². The molecule has 2 heterocycles. The molecule has 2 aliphatic heterocycles. The summed E-state index contributed by atoms with van der Waals surface area (Å²) < 4.78 is 5.05. The van der Waals surface area contributed by atoms with E-state index in [1.807, 2.05) is 42.2 Å². The number of likely N-dealkylation sites (tertiary alicyclic amines) is 2. The van der Waals surface area contributed by atoms with Gasteiger partial charge < -0.3 is 19.9 Å². The molecule has 8 heteroatoms. The van der Waals surface area contributed by atoms with Crippen molar-refractivity contribution >= 4 is 23.7 Å². The molecular formula is C27H31N3O5. The number of nitrogens with one attached hydrogen (secondary N) is 1. The van der Waals surface area contributed by atoms with E-state index in [1.54, 1.807) is 23.1 Å². The monoisotopic (exact) mass is 477 g/mol. The largest absolute Gasteiger partial charge is 0.427 e. The minimum Gasteiger partial charge on any atom is -0.427 e. The maximum absolute atomic E-state index is 13.1. The molecule has 0 saturated carbocycles. The summed E-state index contributed by atoms with van der Waals surface area (Å²) in [5.74, 6) is -0.661. The van der Waals surface area contributed by atoms with Crippen molar-refractivity contribution in [2.75, 3.05) is 19.6 Å². The summed E-state index contributed by atoms with van der Waals surface area (Å²) in [5.41, 5.74) is 1.48. The smallest absolute Gasteiger partial charge is 0.308 e. The average Bonchev–Trinajstić information content (AvgIpc) is 3.25. The van der Waals surface area contributed by atoms with Crippen molar-refractivity contribution in [2.24, 2.45) is 5.92 Å². The van der Waals surface area contributed by atoms with E-state index in [-0.39, 0.29) is 42.1 Å². The van der Waals surface area contributed by atoms with Gasteiger partial charge in [-0.2, -0.15) is 0 Å². The van der Waals surface area contributed by atoms with Gasteiger partial charge in [0.1, 0.15) is 5.75 Å². The molecule has 2 atom stereocenters. The predicted octanol–water partition coefficient (Wildman–Crippen LogP) is 2.94. The highest BCUT2D eigenvalue weighted by Gasteiger charge is 2.39. The fraction of sp³-hybridized carbons (Fsp3) is 0.407. The van der Waals surface area contributed by atoms with Crippen LogP contribution < -0.4 is 10.1 Å². The predicted molar refractivity (Wildman–Crippen MR) is 129 cm³/mol. The zero-order valence-corrected chi connectivity index (χ0v) is 20.1. The second-order valence-electron chi connectivity index (χ2n) is 9.23. The molecule has 2 fully saturated rings. The van der Waals surface area contributed by atoms with Crippen LogP contribution in [-0.4, -0.2) is 59.2 Å². The third kappa shape index (κ3) is 5.88. The summed E-state index contributed by atoms with van der Waals surface area (Å²) in [6, 6.07) is 16.2. The number of benzene rings is 2. The first kappa shape index (κ1) is 24.4. The Labute approximate surface area is 205 Å². The molecule has 2 aromatic carbocycles. The number of esters is 1. The van der Waals surface area contributed by atoms with Gasteiger partial charge in [0.05, 0.1) is 12.0 Å². The second kappa shape index (κ2) is 10.7. The Hall–Kier alpha value is -3.68. The average molecular weight is 478 g/mol. The first-order chi connectivity index (χ1) is 16.8. The third-order valence-electron chi connectivity index (χ3n) is 6.76. The number of nitrogens with zero attached hydrogens (tertiary/aromatic N) is 2. The zero-order chi connectivity index (χ0) is 24.9. The van der Waals surface area contributed by atoms with Gasteiger partial charge in [-0.3, -0.25) is 19.2 Å². The van der Waals surface area contributed by atoms with E-state index in [1.165, 1.54) is 13.0 Å². The number of hydrogen-bond donors (Lipinski definition) is 1. The number of piperidine rings is 1. The molecule has 35 heavy (non-hydrogen) atoms. The van der Waals surface area contributed by atoms with Crippen molar-refractivity contribution in [1.82, 2.24) is 15.1 Å². The van der Waals surface area contributed by atoms with Crippen LogP contribution in [0.5, 0.6) is 5.75 Å². The SMILES string of the molecule is CC(=O)Oc1cccc(C(=O)NC2CCN(C(=O)C3CC(=O)N(C(C)c4ccccc4)C3)CC2)c1. The van der Waals surface area contributed by atoms with E-state index < -0.39 is 5.97 Å². The molecule has 3 amide bonds. The molecule has 2 unspecified atom stereocenters. The summed E-state index contributed by atoms with van der Waals surface area (Å²) in [5, 5.41) is 3.01. The maximum Gasteiger partial charge on any atom is 0.308 e. The molecule has 0 aromatic heterocycles. The summed E-state index contributed by atoms with van der Waals surface area (Å²) >= 11 is 0. The van der Waals surface area contributed by atoms with E-state index in [4.69, 9.17) is 4.74 Å². The van der Waals surface area contributed by atoms with E-state index >= 15 is 0 Å². The number of amides is 3. The van der Waals surface area contributed by atoms with Crippen molar-refractivity contribution < 1.29 is 23.9 Å². The van der Waals surface area contributed by atoms with Crippen LogP contribution in [0.1, 0.15) is 55.1 Å². The van der Waals surface area contributed by atoms with Gasteiger partial charge in [0.2, 0.25) is 11.8 Å². The summed E-state index contributed by atoms with van der Waals surface area (Å²) in [7, 11) is 0. The van der Waals surface area contributed by atoms with Crippen LogP contribution >= 0.6 is 0 Å². The Balaban J connectivity index is 1.28. The minimum atomic E-state index is -0.443. The Kier molecular flexibility index (Phi) is 7.48. The number of carbonyl (C=O) groups excluding carboxylic acids is 4. The third-order valence-corrected chi connectivity index (χ3v) is 6.76. The lowest BCUT2D eigenvalue weighted by Crippen LogP contribution is -2.48. The summed E-state index contributed by atoms with van der Waals surface area (Å²) in [6.07, 6.45) is 1.53. The molecule has 0 bridgehead atoms. The van der Waals surface area contributed by atoms with Gasteiger partial charge in [0.25, 0.3) is 5.91 Å². The van der Waals surface area contributed by atoms with Crippen molar-refractivity contribution in [3.8, 4) is 5.75 Å². The molecule has 2 aromatic rings. The molecule has 0 spiro atoms. The second-order valence-corrected chi connectivity index (χ2v) is 9.23. The molecule has 8 nitrogen and oxygen atoms in total. The Morgan fingerprint density at radius 3 is 2.43 bits per heavy atom. The van der Waals surface area contributed by atoms with E-state index in [0.717, 1.165) is 5.56 Å². The number of hydrogen-bond acceptors (Lipinski definition) is 5. The van der Waals surface area contributed by atoms with E-state index in [2.05, 4.69) is 5.32 Å². The number of ether oxygens (including phenoxy) is 1. The normalized spacial score (nSPS) is 19.4. The van der Waals surface area contributed by atoms with Crippen molar-refractivity contribution in [3.05, 3.63) is 65.7 Å². The van der Waals surface area contributed by atoms with Gasteiger partial charge in [0, 0.05) is 44.6 Å². The molecule has 0 aliphatic carbocycles. The minimum absolute atomic E-state index is 0.0119. The molecule has 2 aliphatic rings. The molecule has 4 rings (SSSR count). The molecular weight excluding hydrogens is 446 g/mol. The maximum atomic E-state index is 13.1. The van der Waals surface area contributed by atoms with Gasteiger partial charge in [-0.25, -0.2) is 0 Å². The Morgan fingerprint density at radius 1 is 1.03 bits per heavy atom. The highest BCUT2D eigenvalue weighted by atomic mass is 16.5. The first-order valence-corrected chi connectivity index (χ1v) is 12.0. The zero-order valence-electron chi connectivity index (χ0n) is 20.1. The van der Waals surface area contributed by atoms with Crippen LogP contribution in [0.4, 0.5) is 0 Å². The van der Waals surface area contributed by atoms with Gasteiger partial charge >= 0.3 is 5.97 Å². The Bertz CT molecular complexity index is 1100. The van der Waals surface area contributed by atoms with Gasteiger partial charge in [0.15, 0.2) is 0 Å². The molecule has 0 radical (unpaired) electrons. The topological polar surface area (TPSA) is 96.0 Å². The highest BCUT2D eigenvalue weighted by molar-refractivity contribution is 5.95. The Morgan fingerprint density at radius 2 is 1.74 bits per heavy atom. The lowest BCUT2D eigenvalue weighted by molar-refractivity contribution is -0.137. The van der Waals surface area contributed by atoms with Crippen LogP contribution in [0.15, 0.2) is 54.6 Å². The van der Waals surface area contributed by atoms with Gasteiger partial charge in [-0.05, 0) is 43.5 Å². The summed E-state index contributed by atoms with van der Waals surface area (Å²) in [6.45, 7) is 4.82. The molecule has 184 valence electrons.